The number of isocyanates is 1. The van der Waals surface area contributed by atoms with Crippen LogP contribution < -0.4 is 0 Å². The predicted molar refractivity (Wildman–Crippen MR) is 68.8 cm³/mol. The number of unbranched alkanes of at least 4 members (excludes halogenated alkanes) is 5. The number of hydrogen-bond acceptors (Lipinski definition) is 2. The van der Waals surface area contributed by atoms with E-state index in [0.29, 0.717) is 6.54 Å². The zero-order valence-corrected chi connectivity index (χ0v) is 11.9. The molecule has 0 fully saturated rings. The molecule has 88 valence electrons. The minimum atomic E-state index is -2.38. The fourth-order valence-electron chi connectivity index (χ4n) is 1.27. The van der Waals surface area contributed by atoms with Gasteiger partial charge in [0.25, 0.3) is 0 Å². The highest BCUT2D eigenvalue weighted by atomic mass is 35.8. The lowest BCUT2D eigenvalue weighted by molar-refractivity contribution is 0.560. The van der Waals surface area contributed by atoms with Crippen molar-refractivity contribution in [3.8, 4) is 0 Å². The second kappa shape index (κ2) is 9.68. The third kappa shape index (κ3) is 14.5. The lowest BCUT2D eigenvalue weighted by Gasteiger charge is -2.06. The van der Waals surface area contributed by atoms with Gasteiger partial charge in [0.15, 0.2) is 0 Å². The van der Waals surface area contributed by atoms with E-state index >= 15 is 0 Å². The summed E-state index contributed by atoms with van der Waals surface area (Å²) in [4.78, 5) is 13.2. The Labute approximate surface area is 106 Å². The average Bonchev–Trinajstić information content (AvgIpc) is 2.14. The Morgan fingerprint density at radius 3 is 2.00 bits per heavy atom. The molecule has 0 atom stereocenters. The van der Waals surface area contributed by atoms with Gasteiger partial charge < -0.3 is 0 Å². The molecule has 15 heavy (non-hydrogen) atoms. The fraction of sp³-hybridized carbons (Fsp3) is 0.889. The van der Waals surface area contributed by atoms with Gasteiger partial charge in [-0.3, -0.25) is 0 Å². The van der Waals surface area contributed by atoms with Crippen molar-refractivity contribution in [2.24, 2.45) is 4.99 Å². The minimum Gasteiger partial charge on any atom is -0.211 e. The molecule has 6 heteroatoms. The van der Waals surface area contributed by atoms with E-state index < -0.39 is 6.00 Å². The van der Waals surface area contributed by atoms with Crippen LogP contribution in [0, 0.1) is 0 Å². The maximum atomic E-state index is 9.75. The molecule has 0 amide bonds. The van der Waals surface area contributed by atoms with Gasteiger partial charge in [-0.15, -0.1) is 33.2 Å². The monoisotopic (exact) mass is 287 g/mol. The maximum absolute atomic E-state index is 9.75. The highest BCUT2D eigenvalue weighted by molar-refractivity contribution is 7.64. The smallest absolute Gasteiger partial charge is 0.211 e. The van der Waals surface area contributed by atoms with Crippen molar-refractivity contribution in [3.63, 3.8) is 0 Å². The summed E-state index contributed by atoms with van der Waals surface area (Å²) in [6, 6.07) is -1.63. The van der Waals surface area contributed by atoms with Crippen LogP contribution in [0.1, 0.15) is 38.5 Å². The van der Waals surface area contributed by atoms with Gasteiger partial charge in [-0.25, -0.2) is 9.79 Å². The molecule has 0 unspecified atom stereocenters. The normalized spacial score (nSPS) is 11.1. The molecule has 0 N–H and O–H groups in total. The number of hydrogen-bond donors (Lipinski definition) is 0. The highest BCUT2D eigenvalue weighted by Gasteiger charge is 2.23. The van der Waals surface area contributed by atoms with Crippen LogP contribution in [-0.2, 0) is 4.79 Å². The van der Waals surface area contributed by atoms with E-state index in [2.05, 4.69) is 4.99 Å². The van der Waals surface area contributed by atoms with Gasteiger partial charge in [0.05, 0.1) is 6.54 Å². The molecule has 0 aromatic heterocycles. The molecule has 0 aromatic rings. The standard InChI is InChI=1S/C9H16Cl3NOSi/c10-15(11,12)8-6-4-2-1-3-5-7-13-9-14/h1-8H2. The second-order valence-corrected chi connectivity index (χ2v) is 12.7. The van der Waals surface area contributed by atoms with E-state index in [-0.39, 0.29) is 0 Å². The van der Waals surface area contributed by atoms with E-state index in [1.807, 2.05) is 0 Å². The van der Waals surface area contributed by atoms with Gasteiger partial charge in [-0.05, 0) is 12.5 Å². The van der Waals surface area contributed by atoms with Gasteiger partial charge in [-0.2, -0.15) is 0 Å². The van der Waals surface area contributed by atoms with Crippen molar-refractivity contribution in [1.82, 2.24) is 0 Å². The SMILES string of the molecule is O=C=NCCCCCCCC[Si](Cl)(Cl)Cl. The number of halogens is 3. The third-order valence-electron chi connectivity index (χ3n) is 2.04. The molecular weight excluding hydrogens is 273 g/mol. The Kier molecular flexibility index (Phi) is 9.98. The number of rotatable bonds is 9. The van der Waals surface area contributed by atoms with Crippen molar-refractivity contribution in [3.05, 3.63) is 0 Å². The second-order valence-electron chi connectivity index (χ2n) is 3.46. The predicted octanol–water partition coefficient (Wildman–Crippen LogP) is 4.32. The Morgan fingerprint density at radius 2 is 1.47 bits per heavy atom. The first-order valence-corrected chi connectivity index (χ1v) is 10.4. The Balaban J connectivity index is 3.08. The molecular formula is C9H16Cl3NOSi. The van der Waals surface area contributed by atoms with Crippen LogP contribution in [0.3, 0.4) is 0 Å². The van der Waals surface area contributed by atoms with Crippen LogP contribution in [0.2, 0.25) is 6.04 Å². The van der Waals surface area contributed by atoms with Crippen LogP contribution in [0.15, 0.2) is 4.99 Å². The van der Waals surface area contributed by atoms with Crippen LogP contribution >= 0.6 is 33.2 Å². The number of aliphatic imine (C=N–C) groups is 1. The molecule has 0 spiro atoms. The Hall–Kier alpha value is 0.467. The molecule has 0 aliphatic heterocycles. The first-order chi connectivity index (χ1) is 7.06. The van der Waals surface area contributed by atoms with Crippen LogP contribution in [0.5, 0.6) is 0 Å². The molecule has 0 aromatic carbocycles. The van der Waals surface area contributed by atoms with Crippen LogP contribution in [0.4, 0.5) is 0 Å². The lowest BCUT2D eigenvalue weighted by Crippen LogP contribution is -2.07. The largest absolute Gasteiger partial charge is 0.341 e. The van der Waals surface area contributed by atoms with Crippen molar-refractivity contribution in [1.29, 1.82) is 0 Å². The van der Waals surface area contributed by atoms with Gasteiger partial charge in [0.2, 0.25) is 6.08 Å². The van der Waals surface area contributed by atoms with Crippen molar-refractivity contribution >= 4 is 45.3 Å². The van der Waals surface area contributed by atoms with E-state index in [9.17, 15) is 4.79 Å². The van der Waals surface area contributed by atoms with Crippen LogP contribution in [-0.4, -0.2) is 18.6 Å². The zero-order chi connectivity index (χ0) is 11.6. The summed E-state index contributed by atoms with van der Waals surface area (Å²) in [6.45, 7) is 0.602. The van der Waals surface area contributed by atoms with Crippen LogP contribution in [0.25, 0.3) is 0 Å². The molecule has 0 saturated carbocycles. The summed E-state index contributed by atoms with van der Waals surface area (Å²) in [5, 5.41) is 0. The first kappa shape index (κ1) is 15.5. The topological polar surface area (TPSA) is 29.4 Å². The van der Waals surface area contributed by atoms with E-state index in [0.717, 1.165) is 38.1 Å². The molecule has 0 heterocycles. The minimum absolute atomic E-state index is 0.602. The maximum Gasteiger partial charge on any atom is 0.341 e. The summed E-state index contributed by atoms with van der Waals surface area (Å²) in [5.41, 5.74) is 0. The molecule has 0 aliphatic carbocycles. The summed E-state index contributed by atoms with van der Waals surface area (Å²) < 4.78 is 0. The molecule has 0 rings (SSSR count). The third-order valence-corrected chi connectivity index (χ3v) is 4.67. The van der Waals surface area contributed by atoms with Gasteiger partial charge in [0, 0.05) is 0 Å². The zero-order valence-electron chi connectivity index (χ0n) is 8.65. The van der Waals surface area contributed by atoms with Crippen molar-refractivity contribution in [2.75, 3.05) is 6.54 Å². The number of nitrogens with zero attached hydrogens (tertiary/aromatic N) is 1. The van der Waals surface area contributed by atoms with E-state index in [1.54, 1.807) is 0 Å². The van der Waals surface area contributed by atoms with Crippen molar-refractivity contribution in [2.45, 2.75) is 44.6 Å². The molecule has 0 radical (unpaired) electrons. The highest BCUT2D eigenvalue weighted by Crippen LogP contribution is 2.27. The molecule has 0 saturated heterocycles. The Morgan fingerprint density at radius 1 is 0.933 bits per heavy atom. The van der Waals surface area contributed by atoms with Crippen molar-refractivity contribution < 1.29 is 4.79 Å². The lowest BCUT2D eigenvalue weighted by atomic mass is 10.1. The Bertz CT molecular complexity index is 202. The number of carbonyl (C=O) groups excluding carboxylic acids is 1. The summed E-state index contributed by atoms with van der Waals surface area (Å²) in [6.07, 6.45) is 8.07. The van der Waals surface area contributed by atoms with Gasteiger partial charge in [-0.1, -0.05) is 32.1 Å². The molecule has 0 aliphatic rings. The molecule has 2 nitrogen and oxygen atoms in total. The summed E-state index contributed by atoms with van der Waals surface area (Å²) >= 11 is 17.3. The summed E-state index contributed by atoms with van der Waals surface area (Å²) in [5.74, 6) is 0. The van der Waals surface area contributed by atoms with E-state index in [1.165, 1.54) is 12.5 Å². The molecule has 0 bridgehead atoms. The average molecular weight is 289 g/mol. The van der Waals surface area contributed by atoms with Gasteiger partial charge >= 0.3 is 6.00 Å². The van der Waals surface area contributed by atoms with Gasteiger partial charge in [0.1, 0.15) is 0 Å². The van der Waals surface area contributed by atoms with E-state index in [4.69, 9.17) is 33.2 Å². The summed E-state index contributed by atoms with van der Waals surface area (Å²) in [7, 11) is 0. The quantitative estimate of drug-likeness (QED) is 0.204. The first-order valence-electron chi connectivity index (χ1n) is 5.16. The fourth-order valence-corrected chi connectivity index (χ4v) is 3.12.